The summed E-state index contributed by atoms with van der Waals surface area (Å²) in [5.41, 5.74) is 0.482. The number of carbonyl (C=O) groups is 1. The first-order chi connectivity index (χ1) is 8.72. The van der Waals surface area contributed by atoms with Gasteiger partial charge in [-0.25, -0.2) is 0 Å². The molecule has 0 aromatic heterocycles. The van der Waals surface area contributed by atoms with Crippen LogP contribution in [0.4, 0.5) is 0 Å². The Morgan fingerprint density at radius 1 is 1.22 bits per heavy atom. The van der Waals surface area contributed by atoms with Gasteiger partial charge in [0.05, 0.1) is 19.8 Å². The molecule has 0 bridgehead atoms. The summed E-state index contributed by atoms with van der Waals surface area (Å²) in [6.45, 7) is 4.95. The molecule has 2 N–H and O–H groups in total. The van der Waals surface area contributed by atoms with Crippen LogP contribution in [0.15, 0.2) is 18.2 Å². The molecule has 0 heterocycles. The van der Waals surface area contributed by atoms with Crippen LogP contribution in [-0.4, -0.2) is 37.4 Å². The molecule has 1 amide bonds. The van der Waals surface area contributed by atoms with Crippen LogP contribution in [0.2, 0.25) is 0 Å². The number of hydrogen-bond donors (Lipinski definition) is 2. The van der Waals surface area contributed by atoms with Crippen molar-refractivity contribution in [1.82, 2.24) is 5.32 Å². The van der Waals surface area contributed by atoms with E-state index in [0.717, 1.165) is 0 Å². The van der Waals surface area contributed by atoms with E-state index in [1.54, 1.807) is 18.2 Å². The third-order valence-corrected chi connectivity index (χ3v) is 2.20. The molecule has 0 aliphatic heterocycles. The lowest BCUT2D eigenvalue weighted by Crippen LogP contribution is -2.26. The number of aliphatic hydroxyl groups excluding tert-OH is 1. The molecule has 0 atom stereocenters. The number of amides is 1. The number of carbonyl (C=O) groups excluding carboxylic acids is 1. The number of hydrogen-bond acceptors (Lipinski definition) is 4. The van der Waals surface area contributed by atoms with Gasteiger partial charge in [-0.15, -0.1) is 0 Å². The molecular formula is C13H19NO4. The van der Waals surface area contributed by atoms with E-state index in [-0.39, 0.29) is 19.1 Å². The van der Waals surface area contributed by atoms with Crippen LogP contribution >= 0.6 is 0 Å². The molecule has 5 nitrogen and oxygen atoms in total. The highest BCUT2D eigenvalue weighted by Gasteiger charge is 2.10. The normalized spacial score (nSPS) is 9.94. The summed E-state index contributed by atoms with van der Waals surface area (Å²) in [5.74, 6) is 0.933. The molecule has 0 unspecified atom stereocenters. The molecule has 1 aromatic carbocycles. The Labute approximate surface area is 107 Å². The van der Waals surface area contributed by atoms with Crippen molar-refractivity contribution in [2.45, 2.75) is 13.8 Å². The Balaban J connectivity index is 2.87. The molecule has 1 rings (SSSR count). The molecule has 100 valence electrons. The maximum atomic E-state index is 11.7. The SMILES string of the molecule is CCOc1ccc(C(=O)NCCO)cc1OCC. The zero-order valence-electron chi connectivity index (χ0n) is 10.7. The summed E-state index contributed by atoms with van der Waals surface area (Å²) in [7, 11) is 0. The number of benzene rings is 1. The fourth-order valence-electron chi connectivity index (χ4n) is 1.46. The summed E-state index contributed by atoms with van der Waals surface area (Å²) >= 11 is 0. The highest BCUT2D eigenvalue weighted by atomic mass is 16.5. The van der Waals surface area contributed by atoms with Gasteiger partial charge in [0.2, 0.25) is 0 Å². The Bertz CT molecular complexity index is 393. The lowest BCUT2D eigenvalue weighted by atomic mass is 10.2. The van der Waals surface area contributed by atoms with Crippen LogP contribution in [0.5, 0.6) is 11.5 Å². The van der Waals surface area contributed by atoms with Crippen molar-refractivity contribution in [3.05, 3.63) is 23.8 Å². The molecule has 0 saturated carbocycles. The summed E-state index contributed by atoms with van der Waals surface area (Å²) in [6, 6.07) is 5.02. The van der Waals surface area contributed by atoms with Gasteiger partial charge in [0.15, 0.2) is 11.5 Å². The summed E-state index contributed by atoms with van der Waals surface area (Å²) < 4.78 is 10.8. The predicted octanol–water partition coefficient (Wildman–Crippen LogP) is 1.21. The zero-order valence-corrected chi connectivity index (χ0v) is 10.7. The maximum absolute atomic E-state index is 11.7. The van der Waals surface area contributed by atoms with Crippen molar-refractivity contribution in [1.29, 1.82) is 0 Å². The number of ether oxygens (including phenoxy) is 2. The van der Waals surface area contributed by atoms with Crippen molar-refractivity contribution in [2.24, 2.45) is 0 Å². The lowest BCUT2D eigenvalue weighted by Gasteiger charge is -2.12. The van der Waals surface area contributed by atoms with Gasteiger partial charge in [0, 0.05) is 12.1 Å². The second kappa shape index (κ2) is 7.55. The molecular weight excluding hydrogens is 234 g/mol. The molecule has 0 saturated heterocycles. The van der Waals surface area contributed by atoms with E-state index in [1.165, 1.54) is 0 Å². The van der Waals surface area contributed by atoms with Crippen molar-refractivity contribution in [3.63, 3.8) is 0 Å². The topological polar surface area (TPSA) is 67.8 Å². The molecule has 0 aliphatic rings. The summed E-state index contributed by atoms with van der Waals surface area (Å²) in [5, 5.41) is 11.2. The van der Waals surface area contributed by atoms with Crippen LogP contribution in [0.25, 0.3) is 0 Å². The van der Waals surface area contributed by atoms with Crippen molar-refractivity contribution < 1.29 is 19.4 Å². The molecule has 0 spiro atoms. The van der Waals surface area contributed by atoms with Gasteiger partial charge in [-0.05, 0) is 32.0 Å². The van der Waals surface area contributed by atoms with E-state index in [9.17, 15) is 4.79 Å². The second-order valence-electron chi connectivity index (χ2n) is 3.51. The molecule has 0 fully saturated rings. The second-order valence-corrected chi connectivity index (χ2v) is 3.51. The average molecular weight is 253 g/mol. The molecule has 1 aromatic rings. The lowest BCUT2D eigenvalue weighted by molar-refractivity contribution is 0.0944. The Kier molecular flexibility index (Phi) is 6.00. The third kappa shape index (κ3) is 3.92. The largest absolute Gasteiger partial charge is 0.490 e. The predicted molar refractivity (Wildman–Crippen MR) is 68.2 cm³/mol. The first-order valence-corrected chi connectivity index (χ1v) is 6.01. The van der Waals surface area contributed by atoms with E-state index in [1.807, 2.05) is 13.8 Å². The fourth-order valence-corrected chi connectivity index (χ4v) is 1.46. The summed E-state index contributed by atoms with van der Waals surface area (Å²) in [6.07, 6.45) is 0. The van der Waals surface area contributed by atoms with Gasteiger partial charge in [0.1, 0.15) is 0 Å². The number of aliphatic hydroxyl groups is 1. The van der Waals surface area contributed by atoms with Crippen LogP contribution in [-0.2, 0) is 0 Å². The smallest absolute Gasteiger partial charge is 0.251 e. The van der Waals surface area contributed by atoms with Gasteiger partial charge in [0.25, 0.3) is 5.91 Å². The van der Waals surface area contributed by atoms with Crippen LogP contribution in [0.1, 0.15) is 24.2 Å². The molecule has 5 heteroatoms. The minimum atomic E-state index is -0.243. The monoisotopic (exact) mass is 253 g/mol. The highest BCUT2D eigenvalue weighted by molar-refractivity contribution is 5.94. The van der Waals surface area contributed by atoms with Crippen molar-refractivity contribution in [2.75, 3.05) is 26.4 Å². The van der Waals surface area contributed by atoms with Crippen molar-refractivity contribution in [3.8, 4) is 11.5 Å². The minimum absolute atomic E-state index is 0.0823. The molecule has 18 heavy (non-hydrogen) atoms. The number of rotatable bonds is 7. The highest BCUT2D eigenvalue weighted by Crippen LogP contribution is 2.28. The van der Waals surface area contributed by atoms with E-state index in [0.29, 0.717) is 30.3 Å². The zero-order chi connectivity index (χ0) is 13.4. The first-order valence-electron chi connectivity index (χ1n) is 6.01. The van der Waals surface area contributed by atoms with Gasteiger partial charge in [-0.2, -0.15) is 0 Å². The fraction of sp³-hybridized carbons (Fsp3) is 0.462. The Morgan fingerprint density at radius 3 is 2.50 bits per heavy atom. The number of nitrogens with one attached hydrogen (secondary N) is 1. The van der Waals surface area contributed by atoms with Crippen LogP contribution in [0, 0.1) is 0 Å². The minimum Gasteiger partial charge on any atom is -0.490 e. The van der Waals surface area contributed by atoms with Crippen molar-refractivity contribution >= 4 is 5.91 Å². The third-order valence-electron chi connectivity index (χ3n) is 2.20. The Morgan fingerprint density at radius 2 is 1.89 bits per heavy atom. The standard InChI is InChI=1S/C13H19NO4/c1-3-17-11-6-5-10(9-12(11)18-4-2)13(16)14-7-8-15/h5-6,9,15H,3-4,7-8H2,1-2H3,(H,14,16). The van der Waals surface area contributed by atoms with Gasteiger partial charge >= 0.3 is 0 Å². The maximum Gasteiger partial charge on any atom is 0.251 e. The Hall–Kier alpha value is -1.75. The van der Waals surface area contributed by atoms with E-state index >= 15 is 0 Å². The first kappa shape index (κ1) is 14.3. The van der Waals surface area contributed by atoms with Gasteiger partial charge in [-0.3, -0.25) is 4.79 Å². The van der Waals surface area contributed by atoms with E-state index in [2.05, 4.69) is 5.32 Å². The quantitative estimate of drug-likeness (QED) is 0.766. The molecule has 0 aliphatic carbocycles. The van der Waals surface area contributed by atoms with E-state index < -0.39 is 0 Å². The van der Waals surface area contributed by atoms with Gasteiger partial charge < -0.3 is 19.9 Å². The van der Waals surface area contributed by atoms with Gasteiger partial charge in [-0.1, -0.05) is 0 Å². The van der Waals surface area contributed by atoms with Crippen LogP contribution < -0.4 is 14.8 Å². The molecule has 0 radical (unpaired) electrons. The average Bonchev–Trinajstić information content (AvgIpc) is 2.38. The summed E-state index contributed by atoms with van der Waals surface area (Å²) in [4.78, 5) is 11.7. The van der Waals surface area contributed by atoms with E-state index in [4.69, 9.17) is 14.6 Å². The van der Waals surface area contributed by atoms with Crippen LogP contribution in [0.3, 0.4) is 0 Å².